The quantitative estimate of drug-likeness (QED) is 0.369. The maximum atomic E-state index is 12.4. The molecule has 0 saturated heterocycles. The van der Waals surface area contributed by atoms with Gasteiger partial charge in [-0.2, -0.15) is 8.75 Å². The fourth-order valence-electron chi connectivity index (χ4n) is 2.63. The van der Waals surface area contributed by atoms with E-state index in [1.54, 1.807) is 18.5 Å². The molecular formula is C18H15N7OS2. The van der Waals surface area contributed by atoms with E-state index in [2.05, 4.69) is 35.8 Å². The lowest BCUT2D eigenvalue weighted by molar-refractivity contribution is -0.113. The van der Waals surface area contributed by atoms with Crippen LogP contribution in [0.5, 0.6) is 0 Å². The summed E-state index contributed by atoms with van der Waals surface area (Å²) in [6.45, 7) is 4.34. The Balaban J connectivity index is 1.48. The number of nitrogens with one attached hydrogen (secondary N) is 1. The standard InChI is InChI=1S/C18H15N7OS2/c1-2-10-25-17(12-6-8-19-9-7-12)21-22-18(25)27-11-15(26)20-13-4-3-5-14-16(13)24-28-23-14/h2-9H,1,10-11H2,(H,20,26). The van der Waals surface area contributed by atoms with Gasteiger partial charge in [-0.05, 0) is 24.3 Å². The molecule has 8 nitrogen and oxygen atoms in total. The molecule has 0 fully saturated rings. The van der Waals surface area contributed by atoms with Gasteiger partial charge in [0, 0.05) is 24.5 Å². The van der Waals surface area contributed by atoms with E-state index in [1.165, 1.54) is 11.8 Å². The number of carbonyl (C=O) groups is 1. The number of thioether (sulfide) groups is 1. The van der Waals surface area contributed by atoms with E-state index in [-0.39, 0.29) is 11.7 Å². The van der Waals surface area contributed by atoms with Crippen LogP contribution in [0.25, 0.3) is 22.4 Å². The van der Waals surface area contributed by atoms with Gasteiger partial charge in [0.1, 0.15) is 11.0 Å². The number of hydrogen-bond acceptors (Lipinski definition) is 8. The predicted octanol–water partition coefficient (Wildman–Crippen LogP) is 3.26. The average Bonchev–Trinajstić information content (AvgIpc) is 3.35. The first-order valence-corrected chi connectivity index (χ1v) is 10.1. The van der Waals surface area contributed by atoms with Crippen molar-refractivity contribution < 1.29 is 4.79 Å². The third-order valence-electron chi connectivity index (χ3n) is 3.86. The topological polar surface area (TPSA) is 98.5 Å². The summed E-state index contributed by atoms with van der Waals surface area (Å²) in [5, 5.41) is 12.0. The van der Waals surface area contributed by atoms with Gasteiger partial charge in [-0.15, -0.1) is 16.8 Å². The van der Waals surface area contributed by atoms with Gasteiger partial charge in [-0.25, -0.2) is 0 Å². The van der Waals surface area contributed by atoms with Gasteiger partial charge in [0.25, 0.3) is 0 Å². The molecule has 0 aliphatic rings. The molecule has 0 saturated carbocycles. The maximum absolute atomic E-state index is 12.4. The van der Waals surface area contributed by atoms with E-state index in [0.29, 0.717) is 28.7 Å². The van der Waals surface area contributed by atoms with Gasteiger partial charge in [-0.1, -0.05) is 23.9 Å². The summed E-state index contributed by atoms with van der Waals surface area (Å²) >= 11 is 2.44. The van der Waals surface area contributed by atoms with Crippen molar-refractivity contribution >= 4 is 46.1 Å². The zero-order chi connectivity index (χ0) is 19.3. The molecule has 0 atom stereocenters. The van der Waals surface area contributed by atoms with E-state index in [4.69, 9.17) is 0 Å². The van der Waals surface area contributed by atoms with Crippen LogP contribution in [0.2, 0.25) is 0 Å². The molecule has 1 aromatic carbocycles. The summed E-state index contributed by atoms with van der Waals surface area (Å²) in [6, 6.07) is 9.25. The lowest BCUT2D eigenvalue weighted by Gasteiger charge is -2.08. The third kappa shape index (κ3) is 3.78. The van der Waals surface area contributed by atoms with Crippen molar-refractivity contribution in [2.24, 2.45) is 0 Å². The first-order valence-electron chi connectivity index (χ1n) is 8.34. The monoisotopic (exact) mass is 409 g/mol. The minimum Gasteiger partial charge on any atom is -0.323 e. The molecule has 0 aliphatic carbocycles. The molecule has 4 aromatic rings. The number of amides is 1. The molecule has 10 heteroatoms. The van der Waals surface area contributed by atoms with E-state index in [0.717, 1.165) is 22.8 Å². The minimum absolute atomic E-state index is 0.149. The number of benzene rings is 1. The molecule has 3 heterocycles. The highest BCUT2D eigenvalue weighted by molar-refractivity contribution is 7.99. The zero-order valence-electron chi connectivity index (χ0n) is 14.6. The molecule has 0 radical (unpaired) electrons. The number of allylic oxidation sites excluding steroid dienone is 1. The molecule has 3 aromatic heterocycles. The van der Waals surface area contributed by atoms with Crippen molar-refractivity contribution in [1.82, 2.24) is 28.5 Å². The van der Waals surface area contributed by atoms with Crippen molar-refractivity contribution in [2.75, 3.05) is 11.1 Å². The lowest BCUT2D eigenvalue weighted by Crippen LogP contribution is -2.15. The Morgan fingerprint density at radius 1 is 1.21 bits per heavy atom. The first-order chi connectivity index (χ1) is 13.8. The van der Waals surface area contributed by atoms with Crippen LogP contribution in [-0.4, -0.2) is 40.2 Å². The largest absolute Gasteiger partial charge is 0.323 e. The van der Waals surface area contributed by atoms with Crippen LogP contribution in [0, 0.1) is 0 Å². The molecule has 1 amide bonds. The predicted molar refractivity (Wildman–Crippen MR) is 110 cm³/mol. The Kier molecular flexibility index (Phi) is 5.40. The fourth-order valence-corrected chi connectivity index (χ4v) is 3.92. The van der Waals surface area contributed by atoms with Gasteiger partial charge < -0.3 is 5.32 Å². The summed E-state index contributed by atoms with van der Waals surface area (Å²) in [6.07, 6.45) is 5.18. The Morgan fingerprint density at radius 2 is 2.07 bits per heavy atom. The molecule has 28 heavy (non-hydrogen) atoms. The van der Waals surface area contributed by atoms with Crippen molar-refractivity contribution in [3.05, 3.63) is 55.4 Å². The molecular weight excluding hydrogens is 394 g/mol. The Hall–Kier alpha value is -3.11. The molecule has 0 bridgehead atoms. The Morgan fingerprint density at radius 3 is 2.89 bits per heavy atom. The second-order valence-corrected chi connectivity index (χ2v) is 7.19. The summed E-state index contributed by atoms with van der Waals surface area (Å²) in [4.78, 5) is 16.5. The summed E-state index contributed by atoms with van der Waals surface area (Å²) in [5.41, 5.74) is 3.02. The van der Waals surface area contributed by atoms with Crippen LogP contribution < -0.4 is 5.32 Å². The molecule has 0 aliphatic heterocycles. The second kappa shape index (κ2) is 8.28. The normalized spacial score (nSPS) is 10.9. The molecule has 0 unspecified atom stereocenters. The summed E-state index contributed by atoms with van der Waals surface area (Å²) in [7, 11) is 0. The van der Waals surface area contributed by atoms with Crippen molar-refractivity contribution in [3.63, 3.8) is 0 Å². The highest BCUT2D eigenvalue weighted by Crippen LogP contribution is 2.25. The van der Waals surface area contributed by atoms with Crippen molar-refractivity contribution in [3.8, 4) is 11.4 Å². The zero-order valence-corrected chi connectivity index (χ0v) is 16.3. The second-order valence-electron chi connectivity index (χ2n) is 5.72. The number of nitrogens with zero attached hydrogens (tertiary/aromatic N) is 6. The van der Waals surface area contributed by atoms with Crippen molar-refractivity contribution in [2.45, 2.75) is 11.7 Å². The van der Waals surface area contributed by atoms with E-state index in [9.17, 15) is 4.79 Å². The summed E-state index contributed by atoms with van der Waals surface area (Å²) in [5.74, 6) is 0.757. The van der Waals surface area contributed by atoms with Crippen LogP contribution in [0.4, 0.5) is 5.69 Å². The van der Waals surface area contributed by atoms with E-state index < -0.39 is 0 Å². The molecule has 0 spiro atoms. The number of carbonyl (C=O) groups excluding carboxylic acids is 1. The minimum atomic E-state index is -0.149. The van der Waals surface area contributed by atoms with Gasteiger partial charge in [0.15, 0.2) is 11.0 Å². The number of anilines is 1. The first kappa shape index (κ1) is 18.3. The number of hydrogen-bond donors (Lipinski definition) is 1. The van der Waals surface area contributed by atoms with Crippen molar-refractivity contribution in [1.29, 1.82) is 0 Å². The van der Waals surface area contributed by atoms with Gasteiger partial charge in [0.05, 0.1) is 23.2 Å². The molecule has 4 rings (SSSR count). The number of fused-ring (bicyclic) bond motifs is 1. The maximum Gasteiger partial charge on any atom is 0.234 e. The number of rotatable bonds is 7. The fraction of sp³-hybridized carbons (Fsp3) is 0.111. The van der Waals surface area contributed by atoms with E-state index in [1.807, 2.05) is 34.9 Å². The van der Waals surface area contributed by atoms with Crippen LogP contribution in [0.1, 0.15) is 0 Å². The lowest BCUT2D eigenvalue weighted by atomic mass is 10.2. The highest BCUT2D eigenvalue weighted by atomic mass is 32.2. The van der Waals surface area contributed by atoms with Gasteiger partial charge >= 0.3 is 0 Å². The third-order valence-corrected chi connectivity index (χ3v) is 5.37. The van der Waals surface area contributed by atoms with Gasteiger partial charge in [0.2, 0.25) is 5.91 Å². The SMILES string of the molecule is C=CCn1c(SCC(=O)Nc2cccc3nsnc23)nnc1-c1ccncc1. The summed E-state index contributed by atoms with van der Waals surface area (Å²) < 4.78 is 10.3. The van der Waals surface area contributed by atoms with E-state index >= 15 is 0 Å². The van der Waals surface area contributed by atoms with Gasteiger partial charge in [-0.3, -0.25) is 14.3 Å². The Bertz CT molecular complexity index is 1120. The smallest absolute Gasteiger partial charge is 0.234 e. The molecule has 140 valence electrons. The Labute approximate surface area is 169 Å². The van der Waals surface area contributed by atoms with Crippen LogP contribution in [-0.2, 0) is 11.3 Å². The van der Waals surface area contributed by atoms with Crippen LogP contribution in [0.3, 0.4) is 0 Å². The molecule has 1 N–H and O–H groups in total. The number of pyridine rings is 1. The van der Waals surface area contributed by atoms with Crippen LogP contribution in [0.15, 0.2) is 60.5 Å². The highest BCUT2D eigenvalue weighted by Gasteiger charge is 2.15. The average molecular weight is 410 g/mol. The number of aromatic nitrogens is 6. The van der Waals surface area contributed by atoms with Crippen LogP contribution >= 0.6 is 23.5 Å².